The van der Waals surface area contributed by atoms with Crippen molar-refractivity contribution in [1.82, 2.24) is 0 Å². The van der Waals surface area contributed by atoms with Crippen LogP contribution in [0.3, 0.4) is 0 Å². The van der Waals surface area contributed by atoms with Crippen molar-refractivity contribution in [3.63, 3.8) is 0 Å². The van der Waals surface area contributed by atoms with Crippen LogP contribution in [0, 0.1) is 0 Å². The minimum absolute atomic E-state index is 0.0172. The van der Waals surface area contributed by atoms with Gasteiger partial charge in [-0.15, -0.1) is 0 Å². The molecule has 0 fully saturated rings. The molecule has 0 saturated carbocycles. The number of phenols is 1. The second kappa shape index (κ2) is 4.08. The first-order valence-electron chi connectivity index (χ1n) is 3.99. The first-order chi connectivity index (χ1) is 6.56. The predicted octanol–water partition coefficient (Wildman–Crippen LogP) is 0.0825. The lowest BCUT2D eigenvalue weighted by atomic mass is 10.0. The second-order valence-electron chi connectivity index (χ2n) is 2.87. The molecule has 1 aromatic rings. The lowest BCUT2D eigenvalue weighted by Gasteiger charge is -2.10. The standard InChI is InChI=1S/C9H11NO4/c10-7(4-11)6-2-1-5(9(13)14)3-8(6)12/h1-3,7,11-12H,4,10H2,(H,13,14). The molecule has 14 heavy (non-hydrogen) atoms. The highest BCUT2D eigenvalue weighted by atomic mass is 16.4. The summed E-state index contributed by atoms with van der Waals surface area (Å²) in [6.07, 6.45) is 0. The quantitative estimate of drug-likeness (QED) is 0.549. The monoisotopic (exact) mass is 197 g/mol. The molecular weight excluding hydrogens is 186 g/mol. The lowest BCUT2D eigenvalue weighted by molar-refractivity contribution is 0.0696. The van der Waals surface area contributed by atoms with E-state index in [0.717, 1.165) is 6.07 Å². The second-order valence-corrected chi connectivity index (χ2v) is 2.87. The van der Waals surface area contributed by atoms with Crippen molar-refractivity contribution >= 4 is 5.97 Å². The molecule has 0 bridgehead atoms. The van der Waals surface area contributed by atoms with Gasteiger partial charge in [0.05, 0.1) is 18.2 Å². The van der Waals surface area contributed by atoms with Gasteiger partial charge in [0.15, 0.2) is 0 Å². The van der Waals surface area contributed by atoms with Gasteiger partial charge >= 0.3 is 5.97 Å². The zero-order valence-corrected chi connectivity index (χ0v) is 7.34. The Kier molecular flexibility index (Phi) is 3.06. The minimum atomic E-state index is -1.12. The lowest BCUT2D eigenvalue weighted by Crippen LogP contribution is -2.14. The van der Waals surface area contributed by atoms with Gasteiger partial charge < -0.3 is 21.1 Å². The van der Waals surface area contributed by atoms with Gasteiger partial charge in [0.1, 0.15) is 5.75 Å². The van der Waals surface area contributed by atoms with Crippen LogP contribution in [-0.2, 0) is 0 Å². The first kappa shape index (κ1) is 10.5. The summed E-state index contributed by atoms with van der Waals surface area (Å²) >= 11 is 0. The van der Waals surface area contributed by atoms with Gasteiger partial charge in [0.2, 0.25) is 0 Å². The summed E-state index contributed by atoms with van der Waals surface area (Å²) in [6, 6.07) is 3.12. The zero-order valence-electron chi connectivity index (χ0n) is 7.34. The third kappa shape index (κ3) is 2.01. The van der Waals surface area contributed by atoms with E-state index in [1.54, 1.807) is 0 Å². The number of benzene rings is 1. The number of aromatic hydroxyl groups is 1. The number of aromatic carboxylic acids is 1. The fourth-order valence-electron chi connectivity index (χ4n) is 1.09. The molecule has 5 heteroatoms. The molecule has 0 aliphatic rings. The maximum atomic E-state index is 10.5. The van der Waals surface area contributed by atoms with Gasteiger partial charge in [0, 0.05) is 5.56 Å². The summed E-state index contributed by atoms with van der Waals surface area (Å²) in [4.78, 5) is 10.5. The van der Waals surface area contributed by atoms with Crippen molar-refractivity contribution in [3.8, 4) is 5.75 Å². The van der Waals surface area contributed by atoms with E-state index in [-0.39, 0.29) is 17.9 Å². The van der Waals surface area contributed by atoms with Crippen LogP contribution < -0.4 is 5.73 Å². The van der Waals surface area contributed by atoms with Gasteiger partial charge in [-0.1, -0.05) is 6.07 Å². The molecule has 0 radical (unpaired) electrons. The summed E-state index contributed by atoms with van der Waals surface area (Å²) in [7, 11) is 0. The van der Waals surface area contributed by atoms with E-state index in [0.29, 0.717) is 5.56 Å². The number of aliphatic hydroxyl groups excluding tert-OH is 1. The molecule has 0 aromatic heterocycles. The van der Waals surface area contributed by atoms with Crippen molar-refractivity contribution in [2.45, 2.75) is 6.04 Å². The molecule has 5 nitrogen and oxygen atoms in total. The smallest absolute Gasteiger partial charge is 0.335 e. The van der Waals surface area contributed by atoms with Crippen LogP contribution in [0.15, 0.2) is 18.2 Å². The number of nitrogens with two attached hydrogens (primary N) is 1. The maximum absolute atomic E-state index is 10.5. The van der Waals surface area contributed by atoms with Crippen LogP contribution >= 0.6 is 0 Å². The molecule has 0 aliphatic heterocycles. The van der Waals surface area contributed by atoms with Gasteiger partial charge in [-0.25, -0.2) is 4.79 Å². The average molecular weight is 197 g/mol. The highest BCUT2D eigenvalue weighted by Crippen LogP contribution is 2.23. The third-order valence-corrected chi connectivity index (χ3v) is 1.87. The Labute approximate surface area is 80.4 Å². The summed E-state index contributed by atoms with van der Waals surface area (Å²) in [5.41, 5.74) is 5.78. The van der Waals surface area contributed by atoms with E-state index in [9.17, 15) is 9.90 Å². The van der Waals surface area contributed by atoms with Crippen molar-refractivity contribution < 1.29 is 20.1 Å². The van der Waals surface area contributed by atoms with E-state index < -0.39 is 12.0 Å². The maximum Gasteiger partial charge on any atom is 0.335 e. The molecule has 0 saturated heterocycles. The van der Waals surface area contributed by atoms with Crippen LogP contribution in [-0.4, -0.2) is 27.9 Å². The SMILES string of the molecule is NC(CO)c1ccc(C(=O)O)cc1O. The number of phenolic OH excluding ortho intramolecular Hbond substituents is 1. The third-order valence-electron chi connectivity index (χ3n) is 1.87. The molecule has 0 spiro atoms. The zero-order chi connectivity index (χ0) is 10.7. The van der Waals surface area contributed by atoms with Gasteiger partial charge in [0.25, 0.3) is 0 Å². The Morgan fingerprint density at radius 2 is 2.14 bits per heavy atom. The minimum Gasteiger partial charge on any atom is -0.508 e. The van der Waals surface area contributed by atoms with Crippen molar-refractivity contribution in [2.75, 3.05) is 6.61 Å². The summed E-state index contributed by atoms with van der Waals surface area (Å²) in [5, 5.41) is 26.7. The Morgan fingerprint density at radius 1 is 1.50 bits per heavy atom. The van der Waals surface area contributed by atoms with Crippen LogP contribution in [0.2, 0.25) is 0 Å². The molecule has 1 rings (SSSR count). The Morgan fingerprint density at radius 3 is 2.57 bits per heavy atom. The number of hydrogen-bond donors (Lipinski definition) is 4. The molecular formula is C9H11NO4. The average Bonchev–Trinajstić information content (AvgIpc) is 2.16. The number of aliphatic hydroxyl groups is 1. The van der Waals surface area contributed by atoms with Crippen LogP contribution in [0.25, 0.3) is 0 Å². The van der Waals surface area contributed by atoms with E-state index in [2.05, 4.69) is 0 Å². The molecule has 5 N–H and O–H groups in total. The Hall–Kier alpha value is -1.59. The van der Waals surface area contributed by atoms with Gasteiger partial charge in [-0.2, -0.15) is 0 Å². The first-order valence-corrected chi connectivity index (χ1v) is 3.99. The Bertz CT molecular complexity index is 351. The highest BCUT2D eigenvalue weighted by Gasteiger charge is 2.12. The summed E-state index contributed by atoms with van der Waals surface area (Å²) in [6.45, 7) is -0.306. The summed E-state index contributed by atoms with van der Waals surface area (Å²) in [5.74, 6) is -1.34. The summed E-state index contributed by atoms with van der Waals surface area (Å²) < 4.78 is 0. The number of carbonyl (C=O) groups is 1. The van der Waals surface area contributed by atoms with Crippen molar-refractivity contribution in [1.29, 1.82) is 0 Å². The van der Waals surface area contributed by atoms with Crippen LogP contribution in [0.5, 0.6) is 5.75 Å². The number of carboxylic acids is 1. The fourth-order valence-corrected chi connectivity index (χ4v) is 1.09. The van der Waals surface area contributed by atoms with Gasteiger partial charge in [-0.3, -0.25) is 0 Å². The molecule has 0 amide bonds. The van der Waals surface area contributed by atoms with E-state index >= 15 is 0 Å². The van der Waals surface area contributed by atoms with Gasteiger partial charge in [-0.05, 0) is 12.1 Å². The molecule has 1 unspecified atom stereocenters. The van der Waals surface area contributed by atoms with E-state index in [4.69, 9.17) is 15.9 Å². The largest absolute Gasteiger partial charge is 0.508 e. The number of hydrogen-bond acceptors (Lipinski definition) is 4. The molecule has 1 aromatic carbocycles. The fraction of sp³-hybridized carbons (Fsp3) is 0.222. The normalized spacial score (nSPS) is 12.4. The van der Waals surface area contributed by atoms with Crippen molar-refractivity contribution in [3.05, 3.63) is 29.3 Å². The molecule has 76 valence electrons. The van der Waals surface area contributed by atoms with Crippen molar-refractivity contribution in [2.24, 2.45) is 5.73 Å². The number of rotatable bonds is 3. The molecule has 0 aliphatic carbocycles. The topological polar surface area (TPSA) is 104 Å². The molecule has 1 atom stereocenters. The van der Waals surface area contributed by atoms with E-state index in [1.165, 1.54) is 12.1 Å². The predicted molar refractivity (Wildman–Crippen MR) is 49.1 cm³/mol. The Balaban J connectivity index is 3.07. The van der Waals surface area contributed by atoms with Crippen LogP contribution in [0.4, 0.5) is 0 Å². The van der Waals surface area contributed by atoms with Crippen LogP contribution in [0.1, 0.15) is 22.0 Å². The highest BCUT2D eigenvalue weighted by molar-refractivity contribution is 5.88. The van der Waals surface area contributed by atoms with E-state index in [1.807, 2.05) is 0 Å². The number of carboxylic acid groups (broad SMARTS) is 1. The molecule has 0 heterocycles.